The van der Waals surface area contributed by atoms with E-state index >= 15 is 0 Å². The summed E-state index contributed by atoms with van der Waals surface area (Å²) in [7, 11) is 4.39. The van der Waals surface area contributed by atoms with Crippen LogP contribution in [0, 0.1) is 0 Å². The molecule has 0 spiro atoms. The Hall–Kier alpha value is -0.160. The molecule has 0 aromatic heterocycles. The van der Waals surface area contributed by atoms with Gasteiger partial charge in [-0.25, -0.2) is 0 Å². The van der Waals surface area contributed by atoms with E-state index in [1.807, 2.05) is 6.92 Å². The molecular formula is C12H27N3O. The van der Waals surface area contributed by atoms with Crippen molar-refractivity contribution in [1.29, 1.82) is 0 Å². The maximum atomic E-state index is 5.70. The number of piperidine rings is 1. The minimum Gasteiger partial charge on any atom is -0.376 e. The Balaban J connectivity index is 2.30. The van der Waals surface area contributed by atoms with Gasteiger partial charge in [-0.3, -0.25) is 0 Å². The standard InChI is InChI=1S/C12H27N3O/c1-4-16-12(9-13)10-15(3)11-5-7-14(2)8-6-11/h11-12H,4-10,13H2,1-3H3. The van der Waals surface area contributed by atoms with Crippen LogP contribution in [-0.2, 0) is 4.74 Å². The second-order valence-corrected chi connectivity index (χ2v) is 4.79. The summed E-state index contributed by atoms with van der Waals surface area (Å²) in [4.78, 5) is 4.81. The smallest absolute Gasteiger partial charge is 0.0823 e. The number of likely N-dealkylation sites (N-methyl/N-ethyl adjacent to an activating group) is 1. The van der Waals surface area contributed by atoms with Crippen LogP contribution in [0.25, 0.3) is 0 Å². The molecule has 16 heavy (non-hydrogen) atoms. The summed E-state index contributed by atoms with van der Waals surface area (Å²) in [5.41, 5.74) is 5.70. The number of hydrogen-bond acceptors (Lipinski definition) is 4. The van der Waals surface area contributed by atoms with Gasteiger partial charge in [0.25, 0.3) is 0 Å². The van der Waals surface area contributed by atoms with E-state index in [4.69, 9.17) is 10.5 Å². The highest BCUT2D eigenvalue weighted by atomic mass is 16.5. The van der Waals surface area contributed by atoms with Crippen molar-refractivity contribution in [2.75, 3.05) is 46.9 Å². The van der Waals surface area contributed by atoms with Gasteiger partial charge in [0.05, 0.1) is 6.10 Å². The van der Waals surface area contributed by atoms with Crippen LogP contribution in [0.3, 0.4) is 0 Å². The number of nitrogens with zero attached hydrogens (tertiary/aromatic N) is 2. The summed E-state index contributed by atoms with van der Waals surface area (Å²) >= 11 is 0. The molecule has 1 atom stereocenters. The van der Waals surface area contributed by atoms with Crippen LogP contribution in [-0.4, -0.2) is 68.8 Å². The summed E-state index contributed by atoms with van der Waals surface area (Å²) in [6.07, 6.45) is 2.71. The lowest BCUT2D eigenvalue weighted by Crippen LogP contribution is -2.46. The zero-order chi connectivity index (χ0) is 12.0. The van der Waals surface area contributed by atoms with Crippen molar-refractivity contribution >= 4 is 0 Å². The number of nitrogens with two attached hydrogens (primary N) is 1. The Morgan fingerprint density at radius 3 is 2.56 bits per heavy atom. The van der Waals surface area contributed by atoms with Gasteiger partial charge in [-0.2, -0.15) is 0 Å². The molecule has 1 heterocycles. The second-order valence-electron chi connectivity index (χ2n) is 4.79. The molecular weight excluding hydrogens is 202 g/mol. The average molecular weight is 229 g/mol. The first-order valence-electron chi connectivity index (χ1n) is 6.37. The van der Waals surface area contributed by atoms with E-state index in [2.05, 4.69) is 23.9 Å². The summed E-state index contributed by atoms with van der Waals surface area (Å²) in [5, 5.41) is 0. The van der Waals surface area contributed by atoms with Gasteiger partial charge in [0.1, 0.15) is 0 Å². The first-order chi connectivity index (χ1) is 7.67. The Kier molecular flexibility index (Phi) is 6.28. The number of ether oxygens (including phenoxy) is 1. The fraction of sp³-hybridized carbons (Fsp3) is 1.00. The molecule has 0 aromatic rings. The van der Waals surface area contributed by atoms with Crippen LogP contribution in [0.4, 0.5) is 0 Å². The Morgan fingerprint density at radius 2 is 2.06 bits per heavy atom. The molecule has 1 unspecified atom stereocenters. The maximum Gasteiger partial charge on any atom is 0.0823 e. The molecule has 4 heteroatoms. The highest BCUT2D eigenvalue weighted by Crippen LogP contribution is 2.14. The van der Waals surface area contributed by atoms with E-state index in [0.717, 1.165) is 13.2 Å². The number of likely N-dealkylation sites (tertiary alicyclic amines) is 1. The molecule has 1 saturated heterocycles. The highest BCUT2D eigenvalue weighted by Gasteiger charge is 2.22. The van der Waals surface area contributed by atoms with Crippen molar-refractivity contribution in [2.45, 2.75) is 31.9 Å². The van der Waals surface area contributed by atoms with Gasteiger partial charge < -0.3 is 20.3 Å². The van der Waals surface area contributed by atoms with E-state index in [9.17, 15) is 0 Å². The molecule has 0 saturated carbocycles. The van der Waals surface area contributed by atoms with Crippen LogP contribution in [0.5, 0.6) is 0 Å². The van der Waals surface area contributed by atoms with Crippen molar-refractivity contribution < 1.29 is 4.74 Å². The van der Waals surface area contributed by atoms with Crippen molar-refractivity contribution in [2.24, 2.45) is 5.73 Å². The number of hydrogen-bond donors (Lipinski definition) is 1. The lowest BCUT2D eigenvalue weighted by atomic mass is 10.0. The molecule has 4 nitrogen and oxygen atoms in total. The van der Waals surface area contributed by atoms with E-state index in [-0.39, 0.29) is 6.10 Å². The summed E-state index contributed by atoms with van der Waals surface area (Å²) in [5.74, 6) is 0. The van der Waals surface area contributed by atoms with E-state index in [0.29, 0.717) is 12.6 Å². The summed E-state index contributed by atoms with van der Waals surface area (Å²) in [6, 6.07) is 0.700. The Labute approximate surface area is 99.7 Å². The van der Waals surface area contributed by atoms with Crippen molar-refractivity contribution in [3.63, 3.8) is 0 Å². The molecule has 0 bridgehead atoms. The summed E-state index contributed by atoms with van der Waals surface area (Å²) in [6.45, 7) is 6.76. The van der Waals surface area contributed by atoms with Crippen LogP contribution in [0.2, 0.25) is 0 Å². The largest absolute Gasteiger partial charge is 0.376 e. The monoisotopic (exact) mass is 229 g/mol. The first-order valence-corrected chi connectivity index (χ1v) is 6.37. The second kappa shape index (κ2) is 7.22. The zero-order valence-electron chi connectivity index (χ0n) is 11.0. The molecule has 0 aliphatic carbocycles. The van der Waals surface area contributed by atoms with E-state index < -0.39 is 0 Å². The molecule has 1 aliphatic heterocycles. The maximum absolute atomic E-state index is 5.70. The predicted molar refractivity (Wildman–Crippen MR) is 67.6 cm³/mol. The van der Waals surface area contributed by atoms with E-state index in [1.165, 1.54) is 25.9 Å². The average Bonchev–Trinajstić information content (AvgIpc) is 2.29. The summed E-state index contributed by atoms with van der Waals surface area (Å²) < 4.78 is 5.60. The third kappa shape index (κ3) is 4.37. The quantitative estimate of drug-likeness (QED) is 0.715. The minimum atomic E-state index is 0.189. The van der Waals surface area contributed by atoms with Crippen molar-refractivity contribution in [3.8, 4) is 0 Å². The molecule has 1 fully saturated rings. The third-order valence-electron chi connectivity index (χ3n) is 3.47. The zero-order valence-corrected chi connectivity index (χ0v) is 11.0. The number of rotatable bonds is 6. The fourth-order valence-corrected chi connectivity index (χ4v) is 2.34. The molecule has 2 N–H and O–H groups in total. The SMILES string of the molecule is CCOC(CN)CN(C)C1CCN(C)CC1. The lowest BCUT2D eigenvalue weighted by molar-refractivity contribution is 0.0269. The predicted octanol–water partition coefficient (Wildman–Crippen LogP) is 0.376. The highest BCUT2D eigenvalue weighted by molar-refractivity contribution is 4.78. The minimum absolute atomic E-state index is 0.189. The third-order valence-corrected chi connectivity index (χ3v) is 3.47. The molecule has 1 rings (SSSR count). The van der Waals surface area contributed by atoms with Crippen molar-refractivity contribution in [1.82, 2.24) is 9.80 Å². The lowest BCUT2D eigenvalue weighted by Gasteiger charge is -2.36. The van der Waals surface area contributed by atoms with Crippen LogP contribution in [0.1, 0.15) is 19.8 Å². The first kappa shape index (κ1) is 13.9. The molecule has 1 aliphatic rings. The van der Waals surface area contributed by atoms with Crippen molar-refractivity contribution in [3.05, 3.63) is 0 Å². The molecule has 0 aromatic carbocycles. The molecule has 0 radical (unpaired) electrons. The van der Waals surface area contributed by atoms with Crippen LogP contribution < -0.4 is 5.73 Å². The molecule has 0 amide bonds. The normalized spacial score (nSPS) is 21.6. The van der Waals surface area contributed by atoms with E-state index in [1.54, 1.807) is 0 Å². The van der Waals surface area contributed by atoms with Gasteiger partial charge in [0.2, 0.25) is 0 Å². The van der Waals surface area contributed by atoms with Gasteiger partial charge in [-0.05, 0) is 47.0 Å². The van der Waals surface area contributed by atoms with Gasteiger partial charge in [0.15, 0.2) is 0 Å². The van der Waals surface area contributed by atoms with Gasteiger partial charge in [-0.15, -0.1) is 0 Å². The fourth-order valence-electron chi connectivity index (χ4n) is 2.34. The van der Waals surface area contributed by atoms with Crippen LogP contribution >= 0.6 is 0 Å². The topological polar surface area (TPSA) is 41.7 Å². The van der Waals surface area contributed by atoms with Gasteiger partial charge >= 0.3 is 0 Å². The Morgan fingerprint density at radius 1 is 1.44 bits per heavy atom. The van der Waals surface area contributed by atoms with Gasteiger partial charge in [0, 0.05) is 25.7 Å². The van der Waals surface area contributed by atoms with Crippen LogP contribution in [0.15, 0.2) is 0 Å². The van der Waals surface area contributed by atoms with Gasteiger partial charge in [-0.1, -0.05) is 0 Å². The molecule has 96 valence electrons. The Bertz CT molecular complexity index is 181.